The Morgan fingerprint density at radius 3 is 2.53 bits per heavy atom. The third-order valence-corrected chi connectivity index (χ3v) is 6.62. The van der Waals surface area contributed by atoms with Gasteiger partial charge >= 0.3 is 0 Å². The van der Waals surface area contributed by atoms with Crippen LogP contribution in [0, 0.1) is 26.7 Å². The van der Waals surface area contributed by atoms with E-state index in [0.717, 1.165) is 65.3 Å². The van der Waals surface area contributed by atoms with E-state index in [-0.39, 0.29) is 11.8 Å². The molecule has 3 aromatic heterocycles. The van der Waals surface area contributed by atoms with Crippen LogP contribution in [0.2, 0.25) is 0 Å². The third kappa shape index (κ3) is 4.23. The standard InChI is InChI=1S/C26H29N7O/c1-17-6-8-22(9-7-17)33-19(3)23-18(2)29-30-25(24(23)31-33)32-13-10-21(11-14-32)26(34)28-16-20-5-4-12-27-15-20/h4-9,12,15,21H,10-11,13-14,16H2,1-3H3,(H,28,34). The first-order valence-electron chi connectivity index (χ1n) is 11.7. The molecule has 174 valence electrons. The van der Waals surface area contributed by atoms with Gasteiger partial charge in [-0.2, -0.15) is 10.2 Å². The molecule has 1 aromatic carbocycles. The molecule has 8 heteroatoms. The Hall–Kier alpha value is -3.81. The molecule has 4 heterocycles. The van der Waals surface area contributed by atoms with E-state index in [1.54, 1.807) is 12.4 Å². The number of aromatic nitrogens is 5. The van der Waals surface area contributed by atoms with Crippen molar-refractivity contribution in [2.45, 2.75) is 40.2 Å². The van der Waals surface area contributed by atoms with Crippen molar-refractivity contribution < 1.29 is 4.79 Å². The molecule has 5 rings (SSSR count). The summed E-state index contributed by atoms with van der Waals surface area (Å²) in [6, 6.07) is 12.2. The highest BCUT2D eigenvalue weighted by Gasteiger charge is 2.28. The lowest BCUT2D eigenvalue weighted by molar-refractivity contribution is -0.125. The lowest BCUT2D eigenvalue weighted by atomic mass is 9.95. The molecule has 1 aliphatic heterocycles. The number of rotatable bonds is 5. The number of anilines is 1. The summed E-state index contributed by atoms with van der Waals surface area (Å²) in [4.78, 5) is 19.0. The van der Waals surface area contributed by atoms with Gasteiger partial charge in [0.25, 0.3) is 0 Å². The van der Waals surface area contributed by atoms with Crippen LogP contribution in [-0.2, 0) is 11.3 Å². The Labute approximate surface area is 199 Å². The van der Waals surface area contributed by atoms with Gasteiger partial charge in [0.15, 0.2) is 5.82 Å². The van der Waals surface area contributed by atoms with Gasteiger partial charge in [-0.05, 0) is 57.4 Å². The first-order chi connectivity index (χ1) is 16.5. The van der Waals surface area contributed by atoms with Crippen molar-refractivity contribution >= 4 is 22.6 Å². The number of carbonyl (C=O) groups is 1. The van der Waals surface area contributed by atoms with Crippen LogP contribution in [0.3, 0.4) is 0 Å². The van der Waals surface area contributed by atoms with Crippen molar-refractivity contribution in [3.63, 3.8) is 0 Å². The summed E-state index contributed by atoms with van der Waals surface area (Å²) in [5.74, 6) is 0.889. The van der Waals surface area contributed by atoms with E-state index in [9.17, 15) is 4.79 Å². The minimum atomic E-state index is -0.00586. The van der Waals surface area contributed by atoms with Crippen molar-refractivity contribution in [3.05, 3.63) is 71.3 Å². The Kier molecular flexibility index (Phi) is 5.96. The molecule has 8 nitrogen and oxygen atoms in total. The predicted octanol–water partition coefficient (Wildman–Crippen LogP) is 3.67. The highest BCUT2D eigenvalue weighted by Crippen LogP contribution is 2.31. The number of nitrogens with zero attached hydrogens (tertiary/aromatic N) is 6. The minimum Gasteiger partial charge on any atom is -0.353 e. The molecule has 0 bridgehead atoms. The Bertz CT molecular complexity index is 1310. The van der Waals surface area contributed by atoms with E-state index >= 15 is 0 Å². The number of benzene rings is 1. The quantitative estimate of drug-likeness (QED) is 0.494. The monoisotopic (exact) mass is 455 g/mol. The van der Waals surface area contributed by atoms with Gasteiger partial charge in [-0.25, -0.2) is 4.68 Å². The van der Waals surface area contributed by atoms with Crippen LogP contribution in [0.5, 0.6) is 0 Å². The van der Waals surface area contributed by atoms with Crippen LogP contribution in [0.15, 0.2) is 48.8 Å². The van der Waals surface area contributed by atoms with Gasteiger partial charge in [0.1, 0.15) is 5.52 Å². The summed E-state index contributed by atoms with van der Waals surface area (Å²) < 4.78 is 1.97. The van der Waals surface area contributed by atoms with Gasteiger partial charge in [0.05, 0.1) is 22.5 Å². The fraction of sp³-hybridized carbons (Fsp3) is 0.346. The van der Waals surface area contributed by atoms with Gasteiger partial charge in [0.2, 0.25) is 5.91 Å². The van der Waals surface area contributed by atoms with E-state index in [1.807, 2.05) is 23.7 Å². The summed E-state index contributed by atoms with van der Waals surface area (Å²) in [5.41, 5.74) is 6.03. The number of aryl methyl sites for hydroxylation is 3. The molecule has 1 fully saturated rings. The van der Waals surface area contributed by atoms with Crippen LogP contribution >= 0.6 is 0 Å². The average molecular weight is 456 g/mol. The van der Waals surface area contributed by atoms with E-state index in [4.69, 9.17) is 5.10 Å². The van der Waals surface area contributed by atoms with Crippen molar-refractivity contribution in [2.24, 2.45) is 5.92 Å². The SMILES string of the molecule is Cc1ccc(-n2nc3c(N4CCC(C(=O)NCc5cccnc5)CC4)nnc(C)c3c2C)cc1. The molecule has 1 amide bonds. The van der Waals surface area contributed by atoms with Crippen molar-refractivity contribution in [1.82, 2.24) is 30.3 Å². The summed E-state index contributed by atoms with van der Waals surface area (Å²) >= 11 is 0. The molecule has 1 aliphatic rings. The molecule has 1 N–H and O–H groups in total. The zero-order valence-electron chi connectivity index (χ0n) is 19.8. The minimum absolute atomic E-state index is 0.00586. The molecule has 1 saturated heterocycles. The number of piperidine rings is 1. The average Bonchev–Trinajstić information content (AvgIpc) is 3.22. The summed E-state index contributed by atoms with van der Waals surface area (Å²) in [7, 11) is 0. The topological polar surface area (TPSA) is 88.8 Å². The van der Waals surface area contributed by atoms with E-state index in [1.165, 1.54) is 5.56 Å². The highest BCUT2D eigenvalue weighted by atomic mass is 16.1. The second-order valence-electron chi connectivity index (χ2n) is 9.01. The van der Waals surface area contributed by atoms with E-state index in [2.05, 4.69) is 63.5 Å². The second-order valence-corrected chi connectivity index (χ2v) is 9.01. The number of amides is 1. The zero-order chi connectivity index (χ0) is 23.7. The number of nitrogens with one attached hydrogen (secondary N) is 1. The number of pyridine rings is 1. The van der Waals surface area contributed by atoms with Crippen LogP contribution < -0.4 is 10.2 Å². The normalized spacial score (nSPS) is 14.5. The van der Waals surface area contributed by atoms with Crippen molar-refractivity contribution in [1.29, 1.82) is 0 Å². The first kappa shape index (κ1) is 22.0. The molecule has 0 unspecified atom stereocenters. The Morgan fingerprint density at radius 2 is 1.82 bits per heavy atom. The molecule has 34 heavy (non-hydrogen) atoms. The number of fused-ring (bicyclic) bond motifs is 1. The maximum Gasteiger partial charge on any atom is 0.223 e. The Morgan fingerprint density at radius 1 is 1.06 bits per heavy atom. The van der Waals surface area contributed by atoms with Crippen LogP contribution in [0.4, 0.5) is 5.82 Å². The summed E-state index contributed by atoms with van der Waals surface area (Å²) in [6.07, 6.45) is 5.06. The molecule has 0 atom stereocenters. The molecule has 0 saturated carbocycles. The van der Waals surface area contributed by atoms with Gasteiger partial charge in [-0.3, -0.25) is 9.78 Å². The summed E-state index contributed by atoms with van der Waals surface area (Å²) in [5, 5.41) is 18.0. The van der Waals surface area contributed by atoms with Gasteiger partial charge < -0.3 is 10.2 Å². The maximum atomic E-state index is 12.7. The van der Waals surface area contributed by atoms with Gasteiger partial charge in [-0.1, -0.05) is 23.8 Å². The summed E-state index contributed by atoms with van der Waals surface area (Å²) in [6.45, 7) is 8.13. The first-order valence-corrected chi connectivity index (χ1v) is 11.7. The molecular formula is C26H29N7O. The highest BCUT2D eigenvalue weighted by molar-refractivity contribution is 5.92. The fourth-order valence-corrected chi connectivity index (χ4v) is 4.65. The lowest BCUT2D eigenvalue weighted by Crippen LogP contribution is -2.40. The lowest BCUT2D eigenvalue weighted by Gasteiger charge is -2.32. The van der Waals surface area contributed by atoms with Crippen molar-refractivity contribution in [3.8, 4) is 5.69 Å². The van der Waals surface area contributed by atoms with Gasteiger partial charge in [0, 0.05) is 37.9 Å². The number of carbonyl (C=O) groups excluding carboxylic acids is 1. The fourth-order valence-electron chi connectivity index (χ4n) is 4.65. The molecule has 0 aliphatic carbocycles. The molecule has 0 spiro atoms. The third-order valence-electron chi connectivity index (χ3n) is 6.62. The van der Waals surface area contributed by atoms with Gasteiger partial charge in [-0.15, -0.1) is 5.10 Å². The molecular weight excluding hydrogens is 426 g/mol. The zero-order valence-corrected chi connectivity index (χ0v) is 19.8. The van der Waals surface area contributed by atoms with Crippen LogP contribution in [0.25, 0.3) is 16.6 Å². The smallest absolute Gasteiger partial charge is 0.223 e. The van der Waals surface area contributed by atoms with Crippen LogP contribution in [-0.4, -0.2) is 44.0 Å². The second kappa shape index (κ2) is 9.21. The van der Waals surface area contributed by atoms with E-state index < -0.39 is 0 Å². The predicted molar refractivity (Wildman–Crippen MR) is 132 cm³/mol. The molecule has 0 radical (unpaired) electrons. The van der Waals surface area contributed by atoms with Crippen molar-refractivity contribution in [2.75, 3.05) is 18.0 Å². The number of hydrogen-bond donors (Lipinski definition) is 1. The largest absolute Gasteiger partial charge is 0.353 e. The van der Waals surface area contributed by atoms with E-state index in [0.29, 0.717) is 6.54 Å². The van der Waals surface area contributed by atoms with Crippen LogP contribution in [0.1, 0.15) is 35.4 Å². The molecule has 4 aromatic rings. The number of hydrogen-bond acceptors (Lipinski definition) is 6. The maximum absolute atomic E-state index is 12.7. The Balaban J connectivity index is 1.33.